The lowest BCUT2D eigenvalue weighted by Crippen LogP contribution is -2.05. The molecular weight excluding hydrogens is 286 g/mol. The summed E-state index contributed by atoms with van der Waals surface area (Å²) in [6.07, 6.45) is 1.61. The summed E-state index contributed by atoms with van der Waals surface area (Å²) in [6.45, 7) is 4.12. The fraction of sp³-hybridized carbons (Fsp3) is 0.300. The van der Waals surface area contributed by atoms with Gasteiger partial charge in [0.25, 0.3) is 0 Å². The van der Waals surface area contributed by atoms with E-state index in [1.807, 2.05) is 6.92 Å². The highest BCUT2D eigenvalue weighted by atomic mass is 79.9. The van der Waals surface area contributed by atoms with Crippen molar-refractivity contribution < 1.29 is 4.52 Å². The second-order valence-corrected chi connectivity index (χ2v) is 4.38. The third-order valence-electron chi connectivity index (χ3n) is 2.29. The number of anilines is 2. The highest BCUT2D eigenvalue weighted by Gasteiger charge is 2.08. The van der Waals surface area contributed by atoms with Crippen molar-refractivity contribution in [2.75, 3.05) is 11.1 Å². The summed E-state index contributed by atoms with van der Waals surface area (Å²) in [5.41, 5.74) is 7.34. The normalized spacial score (nSPS) is 10.5. The number of nitrogens with zero attached hydrogens (tertiary/aromatic N) is 3. The van der Waals surface area contributed by atoms with Gasteiger partial charge in [0.15, 0.2) is 5.82 Å². The van der Waals surface area contributed by atoms with Gasteiger partial charge in [-0.1, -0.05) is 5.16 Å². The van der Waals surface area contributed by atoms with Crippen LogP contribution in [0.3, 0.4) is 0 Å². The molecule has 0 bridgehead atoms. The number of hydrogen-bond acceptors (Lipinski definition) is 6. The fourth-order valence-electron chi connectivity index (χ4n) is 1.29. The van der Waals surface area contributed by atoms with Crippen molar-refractivity contribution >= 4 is 27.4 Å². The number of nitrogens with two attached hydrogens (primary N) is 1. The minimum absolute atomic E-state index is 0.451. The second kappa shape index (κ2) is 4.70. The molecule has 2 aromatic heterocycles. The molecule has 90 valence electrons. The third-order valence-corrected chi connectivity index (χ3v) is 3.26. The maximum Gasteiger partial charge on any atom is 0.223 e. The molecule has 0 fully saturated rings. The molecule has 2 aromatic rings. The number of halogens is 1. The van der Waals surface area contributed by atoms with Gasteiger partial charge in [-0.2, -0.15) is 4.98 Å². The fourth-order valence-corrected chi connectivity index (χ4v) is 1.76. The Bertz CT molecular complexity index is 539. The Hall–Kier alpha value is -1.63. The zero-order valence-electron chi connectivity index (χ0n) is 9.49. The predicted octanol–water partition coefficient (Wildman–Crippen LogP) is 2.04. The van der Waals surface area contributed by atoms with Crippen molar-refractivity contribution in [2.24, 2.45) is 0 Å². The molecule has 3 N–H and O–H groups in total. The van der Waals surface area contributed by atoms with Gasteiger partial charge in [0.2, 0.25) is 5.89 Å². The van der Waals surface area contributed by atoms with E-state index in [1.165, 1.54) is 0 Å². The quantitative estimate of drug-likeness (QED) is 0.901. The molecule has 0 radical (unpaired) electrons. The lowest BCUT2D eigenvalue weighted by Gasteiger charge is -2.09. The molecule has 7 heteroatoms. The minimum Gasteiger partial charge on any atom is -0.397 e. The van der Waals surface area contributed by atoms with E-state index in [4.69, 9.17) is 10.3 Å². The molecule has 0 aliphatic rings. The van der Waals surface area contributed by atoms with Crippen LogP contribution in [0.5, 0.6) is 0 Å². The first kappa shape index (κ1) is 11.8. The Kier molecular flexibility index (Phi) is 3.28. The molecule has 0 aliphatic carbocycles. The van der Waals surface area contributed by atoms with Crippen molar-refractivity contribution in [1.29, 1.82) is 0 Å². The molecule has 0 spiro atoms. The Balaban J connectivity index is 2.12. The molecule has 0 aliphatic heterocycles. The molecule has 0 atom stereocenters. The molecule has 0 amide bonds. The zero-order chi connectivity index (χ0) is 12.4. The van der Waals surface area contributed by atoms with Crippen molar-refractivity contribution in [3.8, 4) is 0 Å². The lowest BCUT2D eigenvalue weighted by atomic mass is 10.2. The molecule has 2 heterocycles. The number of pyridine rings is 1. The molecule has 6 nitrogen and oxygen atoms in total. The maximum atomic E-state index is 5.74. The Labute approximate surface area is 107 Å². The van der Waals surface area contributed by atoms with Crippen molar-refractivity contribution in [3.05, 3.63) is 27.9 Å². The molecule has 0 unspecified atom stereocenters. The summed E-state index contributed by atoms with van der Waals surface area (Å²) >= 11 is 3.44. The topological polar surface area (TPSA) is 89.9 Å². The number of aromatic nitrogens is 3. The van der Waals surface area contributed by atoms with Gasteiger partial charge < -0.3 is 15.6 Å². The number of hydrogen-bond donors (Lipinski definition) is 2. The van der Waals surface area contributed by atoms with E-state index in [9.17, 15) is 0 Å². The Morgan fingerprint density at radius 1 is 1.47 bits per heavy atom. The SMILES string of the molecule is Cc1nc(CNc2ncc(N)c(C)c2Br)no1. The number of rotatable bonds is 3. The van der Waals surface area contributed by atoms with Gasteiger partial charge in [-0.15, -0.1) is 0 Å². The van der Waals surface area contributed by atoms with Crippen LogP contribution in [0.4, 0.5) is 11.5 Å². The van der Waals surface area contributed by atoms with Crippen LogP contribution >= 0.6 is 15.9 Å². The van der Waals surface area contributed by atoms with Crippen LogP contribution in [0.2, 0.25) is 0 Å². The van der Waals surface area contributed by atoms with E-state index in [0.29, 0.717) is 29.8 Å². The first-order valence-electron chi connectivity index (χ1n) is 5.01. The van der Waals surface area contributed by atoms with E-state index in [2.05, 4.69) is 36.4 Å². The van der Waals surface area contributed by atoms with Gasteiger partial charge in [0, 0.05) is 6.92 Å². The predicted molar refractivity (Wildman–Crippen MR) is 67.4 cm³/mol. The molecular formula is C10H12BrN5O. The summed E-state index contributed by atoms with van der Waals surface area (Å²) in [6, 6.07) is 0. The minimum atomic E-state index is 0.451. The lowest BCUT2D eigenvalue weighted by molar-refractivity contribution is 0.388. The number of aryl methyl sites for hydroxylation is 1. The first-order valence-corrected chi connectivity index (χ1v) is 5.81. The van der Waals surface area contributed by atoms with Gasteiger partial charge in [-0.3, -0.25) is 0 Å². The van der Waals surface area contributed by atoms with Crippen molar-refractivity contribution in [2.45, 2.75) is 20.4 Å². The highest BCUT2D eigenvalue weighted by Crippen LogP contribution is 2.27. The van der Waals surface area contributed by atoms with Gasteiger partial charge >= 0.3 is 0 Å². The van der Waals surface area contributed by atoms with E-state index in [-0.39, 0.29) is 0 Å². The van der Waals surface area contributed by atoms with Crippen LogP contribution in [0, 0.1) is 13.8 Å². The largest absolute Gasteiger partial charge is 0.397 e. The first-order chi connectivity index (χ1) is 8.08. The van der Waals surface area contributed by atoms with E-state index >= 15 is 0 Å². The standard InChI is InChI=1S/C10H12BrN5O/c1-5-7(12)3-13-10(9(5)11)14-4-8-15-6(2)17-16-8/h3H,4,12H2,1-2H3,(H,13,14). The molecule has 0 saturated carbocycles. The number of nitrogens with one attached hydrogen (secondary N) is 1. The van der Waals surface area contributed by atoms with Gasteiger partial charge in [-0.05, 0) is 28.4 Å². The van der Waals surface area contributed by atoms with E-state index in [0.717, 1.165) is 10.0 Å². The Morgan fingerprint density at radius 2 is 2.24 bits per heavy atom. The van der Waals surface area contributed by atoms with E-state index in [1.54, 1.807) is 13.1 Å². The molecule has 17 heavy (non-hydrogen) atoms. The second-order valence-electron chi connectivity index (χ2n) is 3.58. The van der Waals surface area contributed by atoms with E-state index < -0.39 is 0 Å². The summed E-state index contributed by atoms with van der Waals surface area (Å²) in [4.78, 5) is 8.28. The molecule has 2 rings (SSSR count). The van der Waals surface area contributed by atoms with Crippen LogP contribution in [-0.2, 0) is 6.54 Å². The van der Waals surface area contributed by atoms with Gasteiger partial charge in [0.1, 0.15) is 5.82 Å². The van der Waals surface area contributed by atoms with Crippen LogP contribution in [0.15, 0.2) is 15.2 Å². The average Bonchev–Trinajstić information content (AvgIpc) is 2.71. The average molecular weight is 298 g/mol. The van der Waals surface area contributed by atoms with Crippen LogP contribution in [-0.4, -0.2) is 15.1 Å². The molecule has 0 saturated heterocycles. The molecule has 0 aromatic carbocycles. The maximum absolute atomic E-state index is 5.74. The summed E-state index contributed by atoms with van der Waals surface area (Å²) in [5, 5.41) is 6.90. The van der Waals surface area contributed by atoms with Gasteiger partial charge in [0.05, 0.1) is 22.9 Å². The third kappa shape index (κ3) is 2.55. The van der Waals surface area contributed by atoms with Crippen LogP contribution < -0.4 is 11.1 Å². The van der Waals surface area contributed by atoms with Crippen molar-refractivity contribution in [1.82, 2.24) is 15.1 Å². The summed E-state index contributed by atoms with van der Waals surface area (Å²) in [5.74, 6) is 1.84. The summed E-state index contributed by atoms with van der Waals surface area (Å²) in [7, 11) is 0. The highest BCUT2D eigenvalue weighted by molar-refractivity contribution is 9.10. The summed E-state index contributed by atoms with van der Waals surface area (Å²) < 4.78 is 5.72. The van der Waals surface area contributed by atoms with Crippen LogP contribution in [0.1, 0.15) is 17.3 Å². The Morgan fingerprint density at radius 3 is 2.88 bits per heavy atom. The zero-order valence-corrected chi connectivity index (χ0v) is 11.1. The van der Waals surface area contributed by atoms with Gasteiger partial charge in [-0.25, -0.2) is 4.98 Å². The van der Waals surface area contributed by atoms with Crippen LogP contribution in [0.25, 0.3) is 0 Å². The van der Waals surface area contributed by atoms with Crippen molar-refractivity contribution in [3.63, 3.8) is 0 Å². The monoisotopic (exact) mass is 297 g/mol. The number of nitrogen functional groups attached to an aromatic ring is 1. The smallest absolute Gasteiger partial charge is 0.223 e.